The van der Waals surface area contributed by atoms with Crippen LogP contribution in [0.2, 0.25) is 0 Å². The third kappa shape index (κ3) is 5.22. The number of imide groups is 1. The smallest absolute Gasteiger partial charge is 0.324 e. The molecule has 0 saturated carbocycles. The standard InChI is InChI=1S/C28H27N9O5S/c1-16-23(43(3,41)42)10-18(13-30-16)24(38)32-14-19-11-22-17(12-31-19)4-5-20(33-22)21-6-8-29-26(34-21)37-9-7-28(15-37)25(39)36(2)27(40)35-28/h4-6,8,10-13H,7,9,14-15H2,1-3H3,(H,32,38)(H,35,40)/t28-/m0/s1. The van der Waals surface area contributed by atoms with Gasteiger partial charge in [0.05, 0.1) is 51.8 Å². The molecule has 0 unspecified atom stereocenters. The Bertz CT molecular complexity index is 1930. The maximum absolute atomic E-state index is 12.7. The molecule has 4 aromatic heterocycles. The second-order valence-corrected chi connectivity index (χ2v) is 12.6. The van der Waals surface area contributed by atoms with E-state index in [4.69, 9.17) is 4.98 Å². The molecule has 0 bridgehead atoms. The molecule has 0 aliphatic carbocycles. The molecule has 2 aliphatic heterocycles. The Kier molecular flexibility index (Phi) is 6.76. The van der Waals surface area contributed by atoms with Gasteiger partial charge in [-0.25, -0.2) is 28.2 Å². The van der Waals surface area contributed by atoms with Crippen LogP contribution < -0.4 is 15.5 Å². The average molecular weight is 602 g/mol. The van der Waals surface area contributed by atoms with Gasteiger partial charge in [0.1, 0.15) is 5.54 Å². The van der Waals surface area contributed by atoms with Gasteiger partial charge in [-0.1, -0.05) is 0 Å². The van der Waals surface area contributed by atoms with Gasteiger partial charge in [-0.2, -0.15) is 0 Å². The van der Waals surface area contributed by atoms with Crippen LogP contribution >= 0.6 is 0 Å². The van der Waals surface area contributed by atoms with Gasteiger partial charge < -0.3 is 15.5 Å². The summed E-state index contributed by atoms with van der Waals surface area (Å²) in [5, 5.41) is 6.34. The zero-order valence-corrected chi connectivity index (χ0v) is 24.3. The van der Waals surface area contributed by atoms with Crippen molar-refractivity contribution < 1.29 is 22.8 Å². The Labute approximate surface area is 246 Å². The molecule has 0 radical (unpaired) electrons. The molecule has 2 saturated heterocycles. The van der Waals surface area contributed by atoms with Crippen molar-refractivity contribution in [2.75, 3.05) is 31.3 Å². The molecule has 2 fully saturated rings. The lowest BCUT2D eigenvalue weighted by Gasteiger charge is -2.21. The summed E-state index contributed by atoms with van der Waals surface area (Å²) in [6.45, 7) is 2.43. The van der Waals surface area contributed by atoms with Gasteiger partial charge in [0.2, 0.25) is 5.95 Å². The highest BCUT2D eigenvalue weighted by Crippen LogP contribution is 2.30. The molecule has 220 valence electrons. The van der Waals surface area contributed by atoms with Crippen molar-refractivity contribution in [2.45, 2.75) is 30.3 Å². The van der Waals surface area contributed by atoms with E-state index < -0.39 is 27.3 Å². The van der Waals surface area contributed by atoms with Crippen molar-refractivity contribution in [1.82, 2.24) is 40.5 Å². The quantitative estimate of drug-likeness (QED) is 0.304. The molecule has 6 rings (SSSR count). The minimum atomic E-state index is -3.53. The zero-order chi connectivity index (χ0) is 30.5. The Morgan fingerprint density at radius 3 is 2.60 bits per heavy atom. The molecule has 1 atom stereocenters. The Morgan fingerprint density at radius 1 is 1.07 bits per heavy atom. The summed E-state index contributed by atoms with van der Waals surface area (Å²) in [6, 6.07) is 8.08. The molecule has 2 aliphatic rings. The van der Waals surface area contributed by atoms with E-state index in [0.717, 1.165) is 16.5 Å². The molecule has 0 aromatic carbocycles. The van der Waals surface area contributed by atoms with Gasteiger partial charge >= 0.3 is 6.03 Å². The fraction of sp³-hybridized carbons (Fsp3) is 0.286. The van der Waals surface area contributed by atoms with Crippen LogP contribution in [-0.2, 0) is 21.2 Å². The number of carbonyl (C=O) groups is 3. The molecule has 14 nitrogen and oxygen atoms in total. The van der Waals surface area contributed by atoms with Crippen LogP contribution in [-0.4, -0.2) is 88.0 Å². The van der Waals surface area contributed by atoms with E-state index in [1.165, 1.54) is 19.3 Å². The van der Waals surface area contributed by atoms with Gasteiger partial charge in [0, 0.05) is 43.8 Å². The van der Waals surface area contributed by atoms with Crippen molar-refractivity contribution in [2.24, 2.45) is 0 Å². The number of fused-ring (bicyclic) bond motifs is 1. The first-order valence-corrected chi connectivity index (χ1v) is 15.2. The summed E-state index contributed by atoms with van der Waals surface area (Å²) in [5.74, 6) is -0.318. The summed E-state index contributed by atoms with van der Waals surface area (Å²) in [5.41, 5.74) is 1.83. The number of nitrogens with one attached hydrogen (secondary N) is 2. The first-order chi connectivity index (χ1) is 20.4. The third-order valence-corrected chi connectivity index (χ3v) is 8.80. The van der Waals surface area contributed by atoms with Gasteiger partial charge in [0.15, 0.2) is 9.84 Å². The third-order valence-electron chi connectivity index (χ3n) is 7.58. The highest BCUT2D eigenvalue weighted by atomic mass is 32.2. The number of hydrogen-bond acceptors (Lipinski definition) is 11. The second kappa shape index (κ2) is 10.3. The monoisotopic (exact) mass is 601 g/mol. The van der Waals surface area contributed by atoms with Gasteiger partial charge in [-0.05, 0) is 43.7 Å². The lowest BCUT2D eigenvalue weighted by molar-refractivity contribution is -0.129. The zero-order valence-electron chi connectivity index (χ0n) is 23.5. The number of pyridine rings is 3. The number of hydrogen-bond donors (Lipinski definition) is 2. The number of sulfone groups is 1. The predicted molar refractivity (Wildman–Crippen MR) is 155 cm³/mol. The number of rotatable bonds is 6. The fourth-order valence-corrected chi connectivity index (χ4v) is 6.17. The van der Waals surface area contributed by atoms with Crippen LogP contribution in [0.3, 0.4) is 0 Å². The Balaban J connectivity index is 1.19. The first kappa shape index (κ1) is 28.1. The van der Waals surface area contributed by atoms with E-state index >= 15 is 0 Å². The van der Waals surface area contributed by atoms with Crippen molar-refractivity contribution in [3.63, 3.8) is 0 Å². The molecule has 6 heterocycles. The highest BCUT2D eigenvalue weighted by molar-refractivity contribution is 7.90. The van der Waals surface area contributed by atoms with E-state index in [0.29, 0.717) is 47.2 Å². The van der Waals surface area contributed by atoms with Crippen LogP contribution in [0.1, 0.15) is 28.2 Å². The van der Waals surface area contributed by atoms with Crippen molar-refractivity contribution in [3.05, 3.63) is 65.9 Å². The molecule has 43 heavy (non-hydrogen) atoms. The van der Waals surface area contributed by atoms with Crippen LogP contribution in [0.5, 0.6) is 0 Å². The summed E-state index contributed by atoms with van der Waals surface area (Å²) in [4.78, 5) is 62.7. The van der Waals surface area contributed by atoms with Crippen LogP contribution in [0.25, 0.3) is 22.3 Å². The normalized spacial score (nSPS) is 18.5. The van der Waals surface area contributed by atoms with Gasteiger partial charge in [-0.15, -0.1) is 0 Å². The van der Waals surface area contributed by atoms with Crippen molar-refractivity contribution in [3.8, 4) is 11.4 Å². The summed E-state index contributed by atoms with van der Waals surface area (Å²) < 4.78 is 24.0. The molecule has 4 aromatic rings. The second-order valence-electron chi connectivity index (χ2n) is 10.6. The Morgan fingerprint density at radius 2 is 1.86 bits per heavy atom. The molecule has 1 spiro atoms. The number of carbonyl (C=O) groups excluding carboxylic acids is 3. The van der Waals surface area contributed by atoms with Crippen LogP contribution in [0.15, 0.2) is 53.8 Å². The lowest BCUT2D eigenvalue weighted by atomic mass is 9.99. The number of aromatic nitrogens is 5. The van der Waals surface area contributed by atoms with E-state index in [1.54, 1.807) is 31.5 Å². The fourth-order valence-electron chi connectivity index (χ4n) is 5.24. The maximum atomic E-state index is 12.7. The molecule has 15 heteroatoms. The predicted octanol–water partition coefficient (Wildman–Crippen LogP) is 1.25. The van der Waals surface area contributed by atoms with E-state index in [9.17, 15) is 22.8 Å². The number of likely N-dealkylation sites (N-methyl/N-ethyl adjacent to an activating group) is 1. The maximum Gasteiger partial charge on any atom is 0.324 e. The van der Waals surface area contributed by atoms with Crippen molar-refractivity contribution in [1.29, 1.82) is 0 Å². The van der Waals surface area contributed by atoms with Crippen LogP contribution in [0.4, 0.5) is 10.7 Å². The number of amides is 4. The molecular weight excluding hydrogens is 574 g/mol. The number of urea groups is 1. The Hall–Kier alpha value is -5.05. The van der Waals surface area contributed by atoms with Gasteiger partial charge in [-0.3, -0.25) is 24.5 Å². The summed E-state index contributed by atoms with van der Waals surface area (Å²) in [7, 11) is -2.07. The molecule has 2 N–H and O–H groups in total. The highest BCUT2D eigenvalue weighted by Gasteiger charge is 2.54. The lowest BCUT2D eigenvalue weighted by Crippen LogP contribution is -2.49. The average Bonchev–Trinajstić information content (AvgIpc) is 3.51. The largest absolute Gasteiger partial charge is 0.346 e. The van der Waals surface area contributed by atoms with Gasteiger partial charge in [0.25, 0.3) is 11.8 Å². The number of aryl methyl sites for hydroxylation is 1. The minimum Gasteiger partial charge on any atom is -0.346 e. The van der Waals surface area contributed by atoms with E-state index in [-0.39, 0.29) is 29.5 Å². The SMILES string of the molecule is Cc1ncc(C(=O)NCc2cc3nc(-c4ccnc(N5CC[C@@]6(C5)NC(=O)N(C)C6=O)n4)ccc3cn2)cc1S(C)(=O)=O. The number of nitrogens with zero attached hydrogens (tertiary/aromatic N) is 7. The number of anilines is 1. The van der Waals surface area contributed by atoms with E-state index in [2.05, 4.69) is 30.6 Å². The van der Waals surface area contributed by atoms with Crippen molar-refractivity contribution >= 4 is 44.5 Å². The topological polar surface area (TPSA) is 180 Å². The molecule has 4 amide bonds. The first-order valence-electron chi connectivity index (χ1n) is 13.3. The van der Waals surface area contributed by atoms with E-state index in [1.807, 2.05) is 17.0 Å². The summed E-state index contributed by atoms with van der Waals surface area (Å²) >= 11 is 0. The minimum absolute atomic E-state index is 0.00391. The summed E-state index contributed by atoms with van der Waals surface area (Å²) in [6.07, 6.45) is 6.13. The molecular formula is C28H27N9O5S. The van der Waals surface area contributed by atoms with Crippen LogP contribution in [0, 0.1) is 6.92 Å².